The van der Waals surface area contributed by atoms with Crippen molar-refractivity contribution in [2.75, 3.05) is 5.32 Å². The van der Waals surface area contributed by atoms with Crippen LogP contribution < -0.4 is 10.1 Å². The number of hydrogen-bond acceptors (Lipinski definition) is 4. The van der Waals surface area contributed by atoms with Crippen molar-refractivity contribution in [2.24, 2.45) is 0 Å². The molecule has 0 fully saturated rings. The molecule has 0 bridgehead atoms. The van der Waals surface area contributed by atoms with E-state index in [2.05, 4.69) is 33.1 Å². The number of carbonyl (C=O) groups excluding carboxylic acids is 1. The summed E-state index contributed by atoms with van der Waals surface area (Å²) in [7, 11) is 0. The van der Waals surface area contributed by atoms with E-state index in [9.17, 15) is 4.79 Å². The van der Waals surface area contributed by atoms with Gasteiger partial charge in [-0.2, -0.15) is 0 Å². The van der Waals surface area contributed by atoms with Crippen LogP contribution in [0.3, 0.4) is 0 Å². The van der Waals surface area contributed by atoms with Gasteiger partial charge in [0.25, 0.3) is 0 Å². The van der Waals surface area contributed by atoms with Gasteiger partial charge in [-0.3, -0.25) is 4.79 Å². The molecule has 3 aromatic rings. The molecule has 0 saturated heterocycles. The fraction of sp³-hybridized carbons (Fsp3) is 0.200. The number of halogens is 1. The summed E-state index contributed by atoms with van der Waals surface area (Å²) in [5.74, 6) is 1.47. The number of nitrogens with one attached hydrogen (secondary N) is 1. The molecule has 5 nitrogen and oxygen atoms in total. The molecule has 134 valence electrons. The van der Waals surface area contributed by atoms with Crippen molar-refractivity contribution < 1.29 is 14.1 Å². The van der Waals surface area contributed by atoms with Crippen molar-refractivity contribution in [3.63, 3.8) is 0 Å². The predicted octanol–water partition coefficient (Wildman–Crippen LogP) is 4.66. The van der Waals surface area contributed by atoms with Gasteiger partial charge in [-0.05, 0) is 78.4 Å². The number of rotatable bonds is 6. The van der Waals surface area contributed by atoms with Crippen LogP contribution in [0.15, 0.2) is 53.1 Å². The van der Waals surface area contributed by atoms with Crippen molar-refractivity contribution in [3.05, 3.63) is 74.7 Å². The zero-order valence-electron chi connectivity index (χ0n) is 14.6. The summed E-state index contributed by atoms with van der Waals surface area (Å²) in [6.45, 7) is 4.17. The number of anilines is 1. The van der Waals surface area contributed by atoms with E-state index in [1.807, 2.05) is 62.4 Å². The normalized spacial score (nSPS) is 10.6. The average molecular weight is 462 g/mol. The van der Waals surface area contributed by atoms with Crippen molar-refractivity contribution in [2.45, 2.75) is 26.9 Å². The molecular formula is C20H19IN2O3. The molecule has 1 aromatic heterocycles. The van der Waals surface area contributed by atoms with Gasteiger partial charge >= 0.3 is 0 Å². The Hall–Kier alpha value is -2.35. The summed E-state index contributed by atoms with van der Waals surface area (Å²) >= 11 is 2.23. The van der Waals surface area contributed by atoms with Crippen LogP contribution in [0.25, 0.3) is 0 Å². The van der Waals surface area contributed by atoms with Gasteiger partial charge in [-0.25, -0.2) is 0 Å². The first-order valence-electron chi connectivity index (χ1n) is 8.20. The van der Waals surface area contributed by atoms with E-state index in [0.29, 0.717) is 13.0 Å². The van der Waals surface area contributed by atoms with Crippen molar-refractivity contribution in [1.82, 2.24) is 5.16 Å². The largest absolute Gasteiger partial charge is 0.489 e. The van der Waals surface area contributed by atoms with Gasteiger partial charge in [-0.15, -0.1) is 0 Å². The number of amides is 1. The molecule has 1 heterocycles. The first kappa shape index (κ1) is 18.4. The van der Waals surface area contributed by atoms with Crippen LogP contribution in [0.4, 0.5) is 5.69 Å². The molecule has 1 N–H and O–H groups in total. The molecule has 0 radical (unpaired) electrons. The number of carbonyl (C=O) groups is 1. The molecule has 0 atom stereocenters. The van der Waals surface area contributed by atoms with Crippen LogP contribution in [0.5, 0.6) is 5.75 Å². The van der Waals surface area contributed by atoms with Crippen LogP contribution in [0, 0.1) is 17.4 Å². The average Bonchev–Trinajstić information content (AvgIpc) is 2.94. The van der Waals surface area contributed by atoms with Gasteiger partial charge in [-0.1, -0.05) is 17.3 Å². The zero-order chi connectivity index (χ0) is 18.5. The van der Waals surface area contributed by atoms with Gasteiger partial charge in [0.15, 0.2) is 0 Å². The Kier molecular flexibility index (Phi) is 5.92. The third-order valence-electron chi connectivity index (χ3n) is 3.98. The lowest BCUT2D eigenvalue weighted by Gasteiger charge is -2.08. The molecule has 0 spiro atoms. The molecule has 0 aliphatic heterocycles. The first-order valence-corrected chi connectivity index (χ1v) is 9.28. The third kappa shape index (κ3) is 4.85. The maximum atomic E-state index is 12.1. The lowest BCUT2D eigenvalue weighted by atomic mass is 10.1. The summed E-state index contributed by atoms with van der Waals surface area (Å²) in [4.78, 5) is 12.1. The molecule has 3 rings (SSSR count). The smallest absolute Gasteiger partial charge is 0.228 e. The minimum absolute atomic E-state index is 0.0457. The predicted molar refractivity (Wildman–Crippen MR) is 108 cm³/mol. The summed E-state index contributed by atoms with van der Waals surface area (Å²) in [5, 5.41) is 6.81. The Bertz CT molecular complexity index is 867. The third-order valence-corrected chi connectivity index (χ3v) is 4.70. The Morgan fingerprint density at radius 3 is 2.42 bits per heavy atom. The summed E-state index contributed by atoms with van der Waals surface area (Å²) in [6.07, 6.45) is 0.316. The van der Waals surface area contributed by atoms with E-state index in [-0.39, 0.29) is 5.91 Å². The number of hydrogen-bond donors (Lipinski definition) is 1. The molecule has 6 heteroatoms. The topological polar surface area (TPSA) is 64.4 Å². The number of aryl methyl sites for hydroxylation is 2. The molecule has 0 aliphatic rings. The van der Waals surface area contributed by atoms with Crippen molar-refractivity contribution in [3.8, 4) is 5.75 Å². The second-order valence-electron chi connectivity index (χ2n) is 5.97. The molecule has 2 aromatic carbocycles. The van der Waals surface area contributed by atoms with Crippen LogP contribution in [-0.4, -0.2) is 11.1 Å². The van der Waals surface area contributed by atoms with E-state index in [0.717, 1.165) is 37.6 Å². The summed E-state index contributed by atoms with van der Waals surface area (Å²) < 4.78 is 12.0. The highest BCUT2D eigenvalue weighted by atomic mass is 127. The van der Waals surface area contributed by atoms with Crippen LogP contribution >= 0.6 is 22.6 Å². The lowest BCUT2D eigenvalue weighted by molar-refractivity contribution is -0.115. The minimum Gasteiger partial charge on any atom is -0.489 e. The maximum Gasteiger partial charge on any atom is 0.228 e. The van der Waals surface area contributed by atoms with Crippen molar-refractivity contribution >= 4 is 34.2 Å². The van der Waals surface area contributed by atoms with E-state index in [1.54, 1.807) is 0 Å². The quantitative estimate of drug-likeness (QED) is 0.542. The lowest BCUT2D eigenvalue weighted by Crippen LogP contribution is -2.14. The molecule has 0 unspecified atom stereocenters. The Labute approximate surface area is 165 Å². The minimum atomic E-state index is -0.0457. The van der Waals surface area contributed by atoms with Crippen LogP contribution in [0.2, 0.25) is 0 Å². The van der Waals surface area contributed by atoms with E-state index < -0.39 is 0 Å². The van der Waals surface area contributed by atoms with E-state index >= 15 is 0 Å². The number of ether oxygens (including phenoxy) is 1. The highest BCUT2D eigenvalue weighted by Crippen LogP contribution is 2.18. The highest BCUT2D eigenvalue weighted by Gasteiger charge is 2.10. The van der Waals surface area contributed by atoms with Gasteiger partial charge < -0.3 is 14.6 Å². The molecule has 0 aliphatic carbocycles. The Morgan fingerprint density at radius 2 is 1.81 bits per heavy atom. The fourth-order valence-electron chi connectivity index (χ4n) is 2.49. The van der Waals surface area contributed by atoms with E-state index in [1.165, 1.54) is 0 Å². The van der Waals surface area contributed by atoms with Gasteiger partial charge in [0.05, 0.1) is 17.7 Å². The molecule has 0 saturated carbocycles. The fourth-order valence-corrected chi connectivity index (χ4v) is 2.85. The van der Waals surface area contributed by atoms with Gasteiger partial charge in [0.1, 0.15) is 18.1 Å². The maximum absolute atomic E-state index is 12.1. The zero-order valence-corrected chi connectivity index (χ0v) is 16.7. The molecule has 26 heavy (non-hydrogen) atoms. The number of aromatic nitrogens is 1. The highest BCUT2D eigenvalue weighted by molar-refractivity contribution is 14.1. The standard InChI is InChI=1S/C20H19IN2O3/c1-13-19(14(2)26-23-13)12-25-18-9-3-15(4-10-18)11-20(24)22-17-7-5-16(21)6-8-17/h3-10H,11-12H2,1-2H3,(H,22,24). The van der Waals surface area contributed by atoms with Crippen LogP contribution in [-0.2, 0) is 17.8 Å². The Morgan fingerprint density at radius 1 is 1.12 bits per heavy atom. The summed E-state index contributed by atoms with van der Waals surface area (Å²) in [5.41, 5.74) is 3.53. The Balaban J connectivity index is 1.54. The molecule has 1 amide bonds. The van der Waals surface area contributed by atoms with E-state index in [4.69, 9.17) is 9.26 Å². The SMILES string of the molecule is Cc1noc(C)c1COc1ccc(CC(=O)Nc2ccc(I)cc2)cc1. The monoisotopic (exact) mass is 462 g/mol. The molecular weight excluding hydrogens is 443 g/mol. The van der Waals surface area contributed by atoms with Gasteiger partial charge in [0, 0.05) is 9.26 Å². The number of benzene rings is 2. The van der Waals surface area contributed by atoms with Crippen LogP contribution in [0.1, 0.15) is 22.6 Å². The number of nitrogens with zero attached hydrogens (tertiary/aromatic N) is 1. The summed E-state index contributed by atoms with van der Waals surface area (Å²) in [6, 6.07) is 15.2. The van der Waals surface area contributed by atoms with Gasteiger partial charge in [0.2, 0.25) is 5.91 Å². The second-order valence-corrected chi connectivity index (χ2v) is 7.21. The second kappa shape index (κ2) is 8.35. The first-order chi connectivity index (χ1) is 12.5. The van der Waals surface area contributed by atoms with Crippen molar-refractivity contribution in [1.29, 1.82) is 0 Å².